The average Bonchev–Trinajstić information content (AvgIpc) is 4.11. The summed E-state index contributed by atoms with van der Waals surface area (Å²) in [4.78, 5) is 0. The van der Waals surface area contributed by atoms with E-state index in [2.05, 4.69) is 41.5 Å². The Morgan fingerprint density at radius 2 is 0.606 bits per heavy atom. The third-order valence-electron chi connectivity index (χ3n) is 12.3. The van der Waals surface area contributed by atoms with Crippen molar-refractivity contribution >= 4 is 33.5 Å². The largest absolute Gasteiger partial charge is 0.616 e. The highest BCUT2D eigenvalue weighted by molar-refractivity contribution is 7.92. The van der Waals surface area contributed by atoms with Gasteiger partial charge < -0.3 is 42.1 Å². The Labute approximate surface area is 409 Å². The minimum absolute atomic E-state index is 0.191. The van der Waals surface area contributed by atoms with Gasteiger partial charge in [0.1, 0.15) is 33.0 Å². The Morgan fingerprint density at radius 1 is 0.364 bits per heavy atom. The Morgan fingerprint density at radius 3 is 0.879 bits per heavy atom. The quantitative estimate of drug-likeness (QED) is 0.0474. The van der Waals surface area contributed by atoms with Gasteiger partial charge in [-0.15, -0.1) is 0 Å². The van der Waals surface area contributed by atoms with Gasteiger partial charge in [0, 0.05) is 19.3 Å². The zero-order valence-corrected chi connectivity index (χ0v) is 43.9. The van der Waals surface area contributed by atoms with E-state index in [1.165, 1.54) is 113 Å². The van der Waals surface area contributed by atoms with Crippen LogP contribution >= 0.6 is 0 Å². The van der Waals surface area contributed by atoms with E-state index in [9.17, 15) is 13.7 Å². The molecule has 0 bridgehead atoms. The summed E-state index contributed by atoms with van der Waals surface area (Å²) in [6.07, 6.45) is 25.0. The second-order valence-corrected chi connectivity index (χ2v) is 24.1. The maximum atomic E-state index is 12.3. The van der Waals surface area contributed by atoms with Crippen LogP contribution in [-0.4, -0.2) is 67.0 Å². The highest BCUT2D eigenvalue weighted by atomic mass is 32.2. The molecule has 0 saturated carbocycles. The number of benzene rings is 3. The monoisotopic (exact) mass is 973 g/mol. The fourth-order valence-electron chi connectivity index (χ4n) is 8.16. The third kappa shape index (κ3) is 21.4. The van der Waals surface area contributed by atoms with Gasteiger partial charge >= 0.3 is 0 Å². The molecule has 0 N–H and O–H groups in total. The SMILES string of the molecule is CCCCCCCC[S+]([O-])C(C)Cc1ccc2c(c1)OCO2.CCCCCCCC[S+]([O-])C(C)Cc1ccc2c(c1)OCO2.CCCCCCCC[S+]([O-])C(C)Cc1ccc2c(c1)OCO2. The van der Waals surface area contributed by atoms with Crippen LogP contribution in [0.3, 0.4) is 0 Å². The Balaban J connectivity index is 0.000000216. The van der Waals surface area contributed by atoms with Crippen LogP contribution in [0.4, 0.5) is 0 Å². The van der Waals surface area contributed by atoms with Crippen LogP contribution in [0, 0.1) is 0 Å². The second-order valence-electron chi connectivity index (χ2n) is 18.2. The number of rotatable bonds is 30. The van der Waals surface area contributed by atoms with Crippen molar-refractivity contribution in [3.63, 3.8) is 0 Å². The Bertz CT molecular complexity index is 1550. The number of ether oxygens (including phenoxy) is 6. The summed E-state index contributed by atoms with van der Waals surface area (Å²) in [5.41, 5.74) is 3.52. The van der Waals surface area contributed by atoms with Gasteiger partial charge in [-0.1, -0.05) is 150 Å². The molecule has 0 aliphatic carbocycles. The zero-order chi connectivity index (χ0) is 47.4. The lowest BCUT2D eigenvalue weighted by Gasteiger charge is -2.18. The molecular weight excluding hydrogens is 889 g/mol. The molecule has 0 saturated heterocycles. The fraction of sp³-hybridized carbons (Fsp3) is 0.667. The van der Waals surface area contributed by atoms with Gasteiger partial charge in [0.25, 0.3) is 0 Å². The van der Waals surface area contributed by atoms with Crippen LogP contribution in [0.2, 0.25) is 0 Å². The number of fused-ring (bicyclic) bond motifs is 3. The minimum atomic E-state index is -0.743. The maximum Gasteiger partial charge on any atom is 0.231 e. The highest BCUT2D eigenvalue weighted by Crippen LogP contribution is 2.35. The standard InChI is InChI=1S/3C18H28O3S/c3*1-3-4-5-6-7-8-11-22(19)15(2)12-16-9-10-17-18(13-16)21-14-20-17/h3*9-10,13,15H,3-8,11-12,14H2,1-2H3. The first kappa shape index (κ1) is 56.0. The molecule has 3 aromatic rings. The summed E-state index contributed by atoms with van der Waals surface area (Å²) in [5, 5.41) is 0.572. The van der Waals surface area contributed by atoms with Crippen molar-refractivity contribution in [2.45, 2.75) is 192 Å². The Kier molecular flexibility index (Phi) is 28.0. The summed E-state index contributed by atoms with van der Waals surface area (Å²) in [5.74, 6) is 7.36. The van der Waals surface area contributed by atoms with Gasteiger partial charge in [-0.2, -0.15) is 0 Å². The molecule has 3 heterocycles. The molecule has 6 rings (SSSR count). The van der Waals surface area contributed by atoms with Crippen LogP contribution < -0.4 is 28.4 Å². The van der Waals surface area contributed by atoms with Crippen LogP contribution in [0.25, 0.3) is 0 Å². The zero-order valence-electron chi connectivity index (χ0n) is 41.4. The molecule has 0 spiro atoms. The van der Waals surface area contributed by atoms with Gasteiger partial charge in [0.05, 0.1) is 0 Å². The lowest BCUT2D eigenvalue weighted by molar-refractivity contribution is 0.173. The fourth-order valence-corrected chi connectivity index (χ4v) is 12.0. The van der Waals surface area contributed by atoms with E-state index in [1.807, 2.05) is 54.6 Å². The van der Waals surface area contributed by atoms with Crippen molar-refractivity contribution in [2.24, 2.45) is 0 Å². The van der Waals surface area contributed by atoms with Crippen molar-refractivity contribution < 1.29 is 42.1 Å². The van der Waals surface area contributed by atoms with Crippen LogP contribution in [0.5, 0.6) is 34.5 Å². The molecule has 372 valence electrons. The molecule has 9 nitrogen and oxygen atoms in total. The van der Waals surface area contributed by atoms with Crippen LogP contribution in [0.15, 0.2) is 54.6 Å². The van der Waals surface area contributed by atoms with Gasteiger partial charge in [-0.05, 0) is 112 Å². The highest BCUT2D eigenvalue weighted by Gasteiger charge is 2.23. The molecule has 3 aliphatic heterocycles. The summed E-state index contributed by atoms with van der Waals surface area (Å²) in [6.45, 7) is 13.8. The first-order valence-electron chi connectivity index (χ1n) is 25.4. The summed E-state index contributed by atoms with van der Waals surface area (Å²) < 4.78 is 69.1. The van der Waals surface area contributed by atoms with E-state index in [1.54, 1.807) is 0 Å². The van der Waals surface area contributed by atoms with E-state index < -0.39 is 33.5 Å². The van der Waals surface area contributed by atoms with Crippen molar-refractivity contribution in [1.29, 1.82) is 0 Å². The maximum absolute atomic E-state index is 12.3. The molecule has 6 unspecified atom stereocenters. The molecule has 0 amide bonds. The molecule has 12 heteroatoms. The predicted molar refractivity (Wildman–Crippen MR) is 276 cm³/mol. The molecule has 6 atom stereocenters. The predicted octanol–water partition coefficient (Wildman–Crippen LogP) is 13.4. The molecule has 0 aromatic heterocycles. The Hall–Kier alpha value is -2.61. The number of hydrogen-bond donors (Lipinski definition) is 0. The summed E-state index contributed by atoms with van der Waals surface area (Å²) >= 11 is -2.23. The van der Waals surface area contributed by atoms with E-state index in [0.717, 1.165) is 90.3 Å². The van der Waals surface area contributed by atoms with Gasteiger partial charge in [-0.3, -0.25) is 0 Å². The van der Waals surface area contributed by atoms with Gasteiger partial charge in [0.15, 0.2) is 34.5 Å². The molecule has 0 radical (unpaired) electrons. The van der Waals surface area contributed by atoms with Crippen LogP contribution in [0.1, 0.15) is 174 Å². The minimum Gasteiger partial charge on any atom is -0.616 e. The van der Waals surface area contributed by atoms with E-state index in [-0.39, 0.29) is 15.7 Å². The molecule has 3 aliphatic rings. The van der Waals surface area contributed by atoms with Gasteiger partial charge in [0.2, 0.25) is 20.4 Å². The lowest BCUT2D eigenvalue weighted by atomic mass is 10.1. The molecule has 0 fully saturated rings. The van der Waals surface area contributed by atoms with E-state index in [4.69, 9.17) is 28.4 Å². The first-order chi connectivity index (χ1) is 32.1. The van der Waals surface area contributed by atoms with E-state index >= 15 is 0 Å². The summed E-state index contributed by atoms with van der Waals surface area (Å²) in [6, 6.07) is 18.0. The normalized spacial score (nSPS) is 15.8. The lowest BCUT2D eigenvalue weighted by Crippen LogP contribution is -2.23. The van der Waals surface area contributed by atoms with E-state index in [0.29, 0.717) is 20.4 Å². The van der Waals surface area contributed by atoms with Crippen molar-refractivity contribution in [3.8, 4) is 34.5 Å². The first-order valence-corrected chi connectivity index (χ1v) is 29.5. The van der Waals surface area contributed by atoms with Gasteiger partial charge in [-0.25, -0.2) is 0 Å². The van der Waals surface area contributed by atoms with Crippen molar-refractivity contribution in [2.75, 3.05) is 37.6 Å². The van der Waals surface area contributed by atoms with Crippen molar-refractivity contribution in [3.05, 3.63) is 71.3 Å². The number of unbranched alkanes of at least 4 members (excludes halogenated alkanes) is 15. The molecule has 3 aromatic carbocycles. The smallest absolute Gasteiger partial charge is 0.231 e. The molecular formula is C54H84O9S3. The number of hydrogen-bond acceptors (Lipinski definition) is 9. The second kappa shape index (κ2) is 33.0. The van der Waals surface area contributed by atoms with Crippen LogP contribution in [-0.2, 0) is 52.8 Å². The van der Waals surface area contributed by atoms with Crippen molar-refractivity contribution in [1.82, 2.24) is 0 Å². The summed E-state index contributed by atoms with van der Waals surface area (Å²) in [7, 11) is 0. The third-order valence-corrected chi connectivity index (χ3v) is 17.6. The average molecular weight is 973 g/mol. The topological polar surface area (TPSA) is 125 Å². The molecule has 66 heavy (non-hydrogen) atoms.